The first-order chi connectivity index (χ1) is 15.9. The molecule has 34 heavy (non-hydrogen) atoms. The Balaban J connectivity index is 0.00000306. The monoisotopic (exact) mass is 515 g/mol. The SMILES string of the molecule is COC1(c2ccc(/C=C/CC(NC(=O)c3c(Cl)cccc3Cl)C(=O)O)cc2)CCCOCC1.[H-].[Na+]. The van der Waals surface area contributed by atoms with Crippen LogP contribution in [0.4, 0.5) is 0 Å². The van der Waals surface area contributed by atoms with Crippen LogP contribution in [0.5, 0.6) is 0 Å². The van der Waals surface area contributed by atoms with Gasteiger partial charge in [0.05, 0.1) is 21.2 Å². The fourth-order valence-electron chi connectivity index (χ4n) is 3.94. The van der Waals surface area contributed by atoms with Crippen LogP contribution in [0.3, 0.4) is 0 Å². The predicted octanol–water partition coefficient (Wildman–Crippen LogP) is 2.44. The van der Waals surface area contributed by atoms with Crippen molar-refractivity contribution in [3.63, 3.8) is 0 Å². The molecule has 0 bridgehead atoms. The van der Waals surface area contributed by atoms with E-state index in [1.54, 1.807) is 19.3 Å². The maximum atomic E-state index is 12.5. The van der Waals surface area contributed by atoms with Crippen LogP contribution in [0.15, 0.2) is 48.5 Å². The topological polar surface area (TPSA) is 84.9 Å². The fourth-order valence-corrected chi connectivity index (χ4v) is 4.51. The Bertz CT molecular complexity index is 991. The number of ether oxygens (including phenoxy) is 2. The number of aliphatic carboxylic acids is 1. The molecule has 9 heteroatoms. The number of halogens is 2. The van der Waals surface area contributed by atoms with Gasteiger partial charge >= 0.3 is 35.5 Å². The quantitative estimate of drug-likeness (QED) is 0.527. The number of carboxylic acid groups (broad SMARTS) is 1. The zero-order valence-electron chi connectivity index (χ0n) is 20.4. The Morgan fingerprint density at radius 3 is 2.47 bits per heavy atom. The second-order valence-corrected chi connectivity index (χ2v) is 8.70. The van der Waals surface area contributed by atoms with Gasteiger partial charge in [0.1, 0.15) is 6.04 Å². The van der Waals surface area contributed by atoms with E-state index < -0.39 is 17.9 Å². The first-order valence-electron chi connectivity index (χ1n) is 10.7. The molecule has 1 fully saturated rings. The molecular weight excluding hydrogens is 488 g/mol. The third-order valence-corrected chi connectivity index (χ3v) is 6.45. The molecule has 1 amide bonds. The number of rotatable bonds is 8. The van der Waals surface area contributed by atoms with E-state index >= 15 is 0 Å². The van der Waals surface area contributed by atoms with Gasteiger partial charge in [-0.05, 0) is 42.5 Å². The molecule has 1 aliphatic heterocycles. The summed E-state index contributed by atoms with van der Waals surface area (Å²) >= 11 is 12.1. The molecule has 2 atom stereocenters. The summed E-state index contributed by atoms with van der Waals surface area (Å²) < 4.78 is 11.5. The summed E-state index contributed by atoms with van der Waals surface area (Å²) in [5, 5.41) is 12.3. The first kappa shape index (κ1) is 28.9. The van der Waals surface area contributed by atoms with Gasteiger partial charge in [-0.3, -0.25) is 4.79 Å². The Hall–Kier alpha value is -1.38. The molecule has 0 spiro atoms. The summed E-state index contributed by atoms with van der Waals surface area (Å²) in [6.45, 7) is 1.41. The van der Waals surface area contributed by atoms with E-state index in [2.05, 4.69) is 5.32 Å². The molecule has 3 rings (SSSR count). The van der Waals surface area contributed by atoms with Crippen molar-refractivity contribution in [2.75, 3.05) is 20.3 Å². The summed E-state index contributed by atoms with van der Waals surface area (Å²) in [6, 6.07) is 11.5. The number of hydrogen-bond donors (Lipinski definition) is 2. The summed E-state index contributed by atoms with van der Waals surface area (Å²) in [7, 11) is 1.73. The van der Waals surface area contributed by atoms with Crippen LogP contribution in [0.1, 0.15) is 48.6 Å². The van der Waals surface area contributed by atoms with E-state index in [0.717, 1.165) is 37.0 Å². The number of benzene rings is 2. The average molecular weight is 516 g/mol. The number of carbonyl (C=O) groups is 2. The van der Waals surface area contributed by atoms with Crippen LogP contribution in [0.2, 0.25) is 10.0 Å². The molecule has 1 aliphatic rings. The van der Waals surface area contributed by atoms with E-state index in [4.69, 9.17) is 32.7 Å². The van der Waals surface area contributed by atoms with Crippen molar-refractivity contribution < 1.29 is 55.2 Å². The van der Waals surface area contributed by atoms with Crippen LogP contribution in [-0.4, -0.2) is 43.3 Å². The van der Waals surface area contributed by atoms with Crippen LogP contribution < -0.4 is 34.9 Å². The predicted molar refractivity (Wildman–Crippen MR) is 130 cm³/mol. The zero-order chi connectivity index (χ0) is 23.8. The van der Waals surface area contributed by atoms with E-state index in [-0.39, 0.29) is 58.6 Å². The standard InChI is InChI=1S/C25H27Cl2NO5.Na.H/c1-32-25(13-4-15-33-16-14-25)18-11-9-17(10-12-18)5-2-8-21(24(30)31)28-23(29)22-19(26)6-3-7-20(22)27;;/h2-3,5-7,9-12,21H,4,8,13-16H2,1H3,(H,28,29)(H,30,31);;/q;+1;-1/b5-2+;;. The van der Waals surface area contributed by atoms with Crippen molar-refractivity contribution in [2.24, 2.45) is 0 Å². The second kappa shape index (κ2) is 13.6. The Kier molecular flexibility index (Phi) is 11.6. The third-order valence-electron chi connectivity index (χ3n) is 5.82. The summed E-state index contributed by atoms with van der Waals surface area (Å²) in [5.74, 6) is -1.78. The third kappa shape index (κ3) is 7.31. The van der Waals surface area contributed by atoms with Gasteiger partial charge in [0, 0.05) is 26.7 Å². The fraction of sp³-hybridized carbons (Fsp3) is 0.360. The Labute approximate surface area is 233 Å². The molecule has 1 heterocycles. The molecule has 178 valence electrons. The molecule has 0 saturated carbocycles. The van der Waals surface area contributed by atoms with Crippen molar-refractivity contribution in [3.8, 4) is 0 Å². The number of hydrogen-bond acceptors (Lipinski definition) is 4. The number of carboxylic acids is 1. The van der Waals surface area contributed by atoms with E-state index in [1.165, 1.54) is 12.1 Å². The normalized spacial score (nSPS) is 19.1. The smallest absolute Gasteiger partial charge is 1.00 e. The van der Waals surface area contributed by atoms with Crippen molar-refractivity contribution in [2.45, 2.75) is 37.3 Å². The molecule has 0 aliphatic carbocycles. The molecule has 2 N–H and O–H groups in total. The van der Waals surface area contributed by atoms with Gasteiger partial charge in [0.25, 0.3) is 5.91 Å². The van der Waals surface area contributed by atoms with Gasteiger partial charge in [-0.15, -0.1) is 0 Å². The molecule has 2 unspecified atom stereocenters. The first-order valence-corrected chi connectivity index (χ1v) is 11.5. The number of methoxy groups -OCH3 is 1. The van der Waals surface area contributed by atoms with Gasteiger partial charge in [-0.2, -0.15) is 0 Å². The second-order valence-electron chi connectivity index (χ2n) is 7.89. The molecule has 2 aromatic carbocycles. The van der Waals surface area contributed by atoms with Gasteiger partial charge < -0.3 is 21.3 Å². The van der Waals surface area contributed by atoms with Crippen molar-refractivity contribution in [1.29, 1.82) is 0 Å². The minimum absolute atomic E-state index is 0. The number of carbonyl (C=O) groups excluding carboxylic acids is 1. The van der Waals surface area contributed by atoms with E-state index in [1.807, 2.05) is 30.3 Å². The average Bonchev–Trinajstić information content (AvgIpc) is 3.05. The Morgan fingerprint density at radius 2 is 1.85 bits per heavy atom. The summed E-state index contributed by atoms with van der Waals surface area (Å²) in [6.07, 6.45) is 6.28. The van der Waals surface area contributed by atoms with Crippen molar-refractivity contribution in [3.05, 3.63) is 75.3 Å². The van der Waals surface area contributed by atoms with Crippen LogP contribution in [0.25, 0.3) is 6.08 Å². The van der Waals surface area contributed by atoms with E-state index in [9.17, 15) is 14.7 Å². The van der Waals surface area contributed by atoms with Crippen molar-refractivity contribution >= 4 is 41.2 Å². The van der Waals surface area contributed by atoms with Crippen molar-refractivity contribution in [1.82, 2.24) is 5.32 Å². The number of nitrogens with one attached hydrogen (secondary N) is 1. The van der Waals surface area contributed by atoms with E-state index in [0.29, 0.717) is 6.61 Å². The summed E-state index contributed by atoms with van der Waals surface area (Å²) in [5.41, 5.74) is 1.72. The van der Waals surface area contributed by atoms with Gasteiger partial charge in [0.2, 0.25) is 0 Å². The molecule has 0 aromatic heterocycles. The minimum Gasteiger partial charge on any atom is -1.00 e. The van der Waals surface area contributed by atoms with Crippen LogP contribution in [0, 0.1) is 0 Å². The van der Waals surface area contributed by atoms with Gasteiger partial charge in [-0.1, -0.05) is 65.7 Å². The summed E-state index contributed by atoms with van der Waals surface area (Å²) in [4.78, 5) is 24.2. The molecule has 1 saturated heterocycles. The molecule has 6 nitrogen and oxygen atoms in total. The molecular formula is C25H28Cl2NNaO5. The van der Waals surface area contributed by atoms with Gasteiger partial charge in [0.15, 0.2) is 0 Å². The Morgan fingerprint density at radius 1 is 1.18 bits per heavy atom. The van der Waals surface area contributed by atoms with Crippen LogP contribution in [-0.2, 0) is 19.9 Å². The van der Waals surface area contributed by atoms with Gasteiger partial charge in [-0.25, -0.2) is 4.79 Å². The minimum atomic E-state index is -1.15. The van der Waals surface area contributed by atoms with Crippen LogP contribution >= 0.6 is 23.2 Å². The number of amides is 1. The molecule has 0 radical (unpaired) electrons. The maximum absolute atomic E-state index is 12.5. The largest absolute Gasteiger partial charge is 1.00 e. The zero-order valence-corrected chi connectivity index (χ0v) is 22.9. The molecule has 2 aromatic rings. The maximum Gasteiger partial charge on any atom is 1.00 e.